The van der Waals surface area contributed by atoms with Crippen LogP contribution in [0.15, 0.2) is 187 Å². The number of likely N-dealkylation sites (tertiary alicyclic amines) is 1. The van der Waals surface area contributed by atoms with E-state index in [1.165, 1.54) is 67.6 Å². The zero-order valence-corrected chi connectivity index (χ0v) is 71.1. The van der Waals surface area contributed by atoms with E-state index in [-0.39, 0.29) is 29.1 Å². The SMILES string of the molecule is CCOC(=O)C(=O)c1cc2ccc(Cl)cc2s1.CCOC(=O)c1cc2ccc(Cl)cc2s1.Clc1ccc2ccsc2c1.O=C(N[C@H](CN1CCCC1)[C@H](O)c1ccc(OC2CC2)c(Cl)c1)C(=O)c1cc2ccc(Cl)cc2s1.O=C(O)C(=O)c1cc2ccc(Cl)cc2s1.O=C(O)c1cc2ccc(Cl)cc2s1.O=Cc1ccc(Cl)cc1F. The Morgan fingerprint density at radius 3 is 1.36 bits per heavy atom. The standard InChI is InChI=1S/C26H26Cl2N2O4S.C12H9ClO3S.C11H9ClO2S.C10H5ClO3S.C9H5ClO2S.C8H5ClS.C7H4ClFO/c27-17-5-3-15-12-23(35-22(15)13-17)25(32)26(33)29-20(14-30-9-1-2-10-30)24(31)16-4-8-21(19(28)11-16)34-18-6-7-18;1-2-16-12(15)11(14)10-5-7-3-4-8(13)6-9(7)17-10;1-2-14-11(13)10-5-7-3-4-8(12)6-9(7)15-10;11-6-2-1-5-3-8(9(12)10(13)14)15-7(5)4-6;10-6-2-1-5-3-8(9(11)12)13-7(5)4-6;9-7-2-1-6-3-4-10-8(6)5-7;8-6-2-1-5(4-10)7(9)3-6/h3-5,8,11-13,18,20,24,31H,1-2,6-7,9-10,14H2,(H,29,33);3-6H,2H2,1H3;3-6H,2H2,1H3;1-4H,(H,13,14);1-4H,(H,11,12);1-5H;1-4H/t20-,24-;;;;;;/m1....../s1. The number of nitrogens with one attached hydrogen (secondary N) is 1. The Hall–Kier alpha value is -8.48. The van der Waals surface area contributed by atoms with Crippen molar-refractivity contribution in [3.63, 3.8) is 0 Å². The molecule has 0 unspecified atom stereocenters. The van der Waals surface area contributed by atoms with Crippen LogP contribution in [0, 0.1) is 5.82 Å². The van der Waals surface area contributed by atoms with Gasteiger partial charge in [-0.3, -0.25) is 24.0 Å². The molecule has 16 rings (SSSR count). The number of carboxylic acids is 2. The van der Waals surface area contributed by atoms with Crippen LogP contribution in [0.4, 0.5) is 4.39 Å². The highest BCUT2D eigenvalue weighted by Gasteiger charge is 2.32. The second-order valence-electron chi connectivity index (χ2n) is 24.9. The van der Waals surface area contributed by atoms with E-state index in [1.54, 1.807) is 122 Å². The number of carbonyl (C=O) groups excluding carboxylic acids is 7. The molecular weight excluding hydrogens is 1760 g/mol. The highest BCUT2D eigenvalue weighted by Crippen LogP contribution is 2.37. The van der Waals surface area contributed by atoms with Crippen LogP contribution in [0.1, 0.15) is 110 Å². The number of aliphatic hydroxyl groups is 1. The van der Waals surface area contributed by atoms with Crippen LogP contribution in [0.3, 0.4) is 0 Å². The number of hydrogen-bond acceptors (Lipinski definition) is 20. The van der Waals surface area contributed by atoms with Crippen LogP contribution in [0.5, 0.6) is 5.75 Å². The fourth-order valence-electron chi connectivity index (χ4n) is 10.9. The number of thiophene rings is 6. The number of rotatable bonds is 18. The summed E-state index contributed by atoms with van der Waals surface area (Å²) in [6.45, 7) is 6.26. The second-order valence-corrected chi connectivity index (χ2v) is 34.8. The lowest BCUT2D eigenvalue weighted by Crippen LogP contribution is -2.48. The van der Waals surface area contributed by atoms with E-state index in [2.05, 4.69) is 26.4 Å². The lowest BCUT2D eigenvalue weighted by Gasteiger charge is -2.28. The van der Waals surface area contributed by atoms with Crippen LogP contribution in [-0.4, -0.2) is 119 Å². The number of aromatic carboxylic acids is 1. The Morgan fingerprint density at radius 2 is 0.913 bits per heavy atom. The van der Waals surface area contributed by atoms with Gasteiger partial charge >= 0.3 is 23.9 Å². The van der Waals surface area contributed by atoms with Crippen molar-refractivity contribution in [1.29, 1.82) is 0 Å². The van der Waals surface area contributed by atoms with Crippen LogP contribution >= 0.6 is 161 Å². The predicted molar refractivity (Wildman–Crippen MR) is 466 cm³/mol. The first-order valence-corrected chi connectivity index (χ1v) is 42.6. The number of halogens is 9. The first-order valence-electron chi connectivity index (χ1n) is 34.6. The van der Waals surface area contributed by atoms with Gasteiger partial charge in [-0.1, -0.05) is 135 Å². The Kier molecular flexibility index (Phi) is 32.5. The monoisotopic (exact) mass is 1820 g/mol. The number of carboxylic acid groups (broad SMARTS) is 2. The number of ketones is 3. The number of fused-ring (bicyclic) bond motifs is 6. The molecule has 1 amide bonds. The van der Waals surface area contributed by atoms with Gasteiger partial charge in [0.05, 0.1) is 50.6 Å². The maximum Gasteiger partial charge on any atom is 0.380 e. The molecule has 7 heterocycles. The van der Waals surface area contributed by atoms with Crippen molar-refractivity contribution in [3.05, 3.63) is 269 Å². The number of hydrogen-bond donors (Lipinski definition) is 4. The molecule has 1 aliphatic heterocycles. The quantitative estimate of drug-likeness (QED) is 0.0269. The molecule has 0 spiro atoms. The number of aliphatic carboxylic acids is 1. The molecule has 17 nitrogen and oxygen atoms in total. The number of Topliss-reactive ketones (excluding diaryl/α,β-unsaturated/α-hetero) is 3. The first-order chi connectivity index (χ1) is 55.0. The molecule has 2 fully saturated rings. The van der Waals surface area contributed by atoms with E-state index < -0.39 is 59.1 Å². The van der Waals surface area contributed by atoms with Crippen molar-refractivity contribution in [1.82, 2.24) is 10.2 Å². The molecule has 1 saturated heterocycles. The Bertz CT molecular complexity index is 5930. The third-order valence-corrected chi connectivity index (χ3v) is 24.9. The minimum absolute atomic E-state index is 0.0319. The lowest BCUT2D eigenvalue weighted by molar-refractivity contribution is -0.137. The smallest absolute Gasteiger partial charge is 0.380 e. The summed E-state index contributed by atoms with van der Waals surface area (Å²) in [7, 11) is 0. The number of carbonyl (C=O) groups is 9. The zero-order valence-electron chi connectivity index (χ0n) is 60.1. The first kappa shape index (κ1) is 88.9. The van der Waals surface area contributed by atoms with E-state index in [4.69, 9.17) is 112 Å². The van der Waals surface area contributed by atoms with Gasteiger partial charge in [0.15, 0.2) is 6.29 Å². The average Bonchev–Trinajstić information content (AvgIpc) is 1.78. The number of nitrogens with zero attached hydrogens (tertiary/aromatic N) is 1. The normalized spacial score (nSPS) is 12.7. The minimum Gasteiger partial charge on any atom is -0.489 e. The molecule has 32 heteroatoms. The van der Waals surface area contributed by atoms with E-state index in [0.717, 1.165) is 112 Å². The fraction of sp³-hybridized carbons (Fsp3) is 0.169. The number of amides is 1. The van der Waals surface area contributed by atoms with Gasteiger partial charge in [-0.25, -0.2) is 23.6 Å². The summed E-state index contributed by atoms with van der Waals surface area (Å²) < 4.78 is 33.6. The molecule has 4 N–H and O–H groups in total. The number of benzene rings is 8. The Labute approximate surface area is 720 Å². The molecule has 594 valence electrons. The number of aliphatic hydroxyl groups excluding tert-OH is 1. The van der Waals surface area contributed by atoms with Gasteiger partial charge in [0.2, 0.25) is 0 Å². The van der Waals surface area contributed by atoms with Crippen molar-refractivity contribution in [2.45, 2.75) is 57.8 Å². The van der Waals surface area contributed by atoms with Crippen LogP contribution in [-0.2, 0) is 23.9 Å². The average molecular weight is 1820 g/mol. The summed E-state index contributed by atoms with van der Waals surface area (Å²) >= 11 is 54.9. The maximum absolute atomic E-state index is 13.0. The summed E-state index contributed by atoms with van der Waals surface area (Å²) in [5, 5.41) is 43.8. The Balaban J connectivity index is 0.000000150. The largest absolute Gasteiger partial charge is 0.489 e. The van der Waals surface area contributed by atoms with E-state index in [1.807, 2.05) is 60.7 Å². The summed E-state index contributed by atoms with van der Waals surface area (Å²) in [6, 6.07) is 51.6. The topological polar surface area (TPSA) is 257 Å². The molecule has 14 aromatic rings. The molecule has 0 bridgehead atoms. The number of aldehydes is 1. The summed E-state index contributed by atoms with van der Waals surface area (Å²) in [6.07, 6.45) is 3.79. The summed E-state index contributed by atoms with van der Waals surface area (Å²) in [4.78, 5) is 107. The molecule has 0 radical (unpaired) electrons. The molecule has 1 saturated carbocycles. The van der Waals surface area contributed by atoms with Crippen molar-refractivity contribution in [3.8, 4) is 5.75 Å². The third kappa shape index (κ3) is 25.3. The summed E-state index contributed by atoms with van der Waals surface area (Å²) in [5.41, 5.74) is 0.594. The zero-order chi connectivity index (χ0) is 82.7. The molecule has 6 aromatic heterocycles. The third-order valence-electron chi connectivity index (χ3n) is 16.6. The van der Waals surface area contributed by atoms with E-state index in [9.17, 15) is 52.6 Å². The van der Waals surface area contributed by atoms with Crippen molar-refractivity contribution >= 4 is 275 Å². The molecule has 2 aliphatic rings. The van der Waals surface area contributed by atoms with Crippen molar-refractivity contribution < 1.29 is 77.1 Å². The van der Waals surface area contributed by atoms with Gasteiger partial charge in [0.1, 0.15) is 27.4 Å². The maximum atomic E-state index is 13.0. The van der Waals surface area contributed by atoms with Gasteiger partial charge in [-0.15, -0.1) is 68.0 Å². The van der Waals surface area contributed by atoms with Crippen molar-refractivity contribution in [2.24, 2.45) is 0 Å². The van der Waals surface area contributed by atoms with E-state index in [0.29, 0.717) is 85.4 Å². The summed E-state index contributed by atoms with van der Waals surface area (Å²) in [5.74, 6) is -6.27. The van der Waals surface area contributed by atoms with Crippen LogP contribution in [0.25, 0.3) is 60.5 Å². The molecule has 115 heavy (non-hydrogen) atoms. The lowest BCUT2D eigenvalue weighted by atomic mass is 10.0. The molecule has 8 aromatic carbocycles. The Morgan fingerprint density at radius 1 is 0.496 bits per heavy atom. The highest BCUT2D eigenvalue weighted by molar-refractivity contribution is 7.23. The fourth-order valence-corrected chi connectivity index (χ4v) is 18.6. The highest BCUT2D eigenvalue weighted by atomic mass is 35.5. The van der Waals surface area contributed by atoms with Gasteiger partial charge < -0.3 is 39.7 Å². The molecule has 1 aliphatic carbocycles. The van der Waals surface area contributed by atoms with Crippen LogP contribution in [0.2, 0.25) is 40.2 Å². The van der Waals surface area contributed by atoms with Gasteiger partial charge in [-0.05, 0) is 235 Å². The van der Waals surface area contributed by atoms with Gasteiger partial charge in [0, 0.05) is 69.9 Å². The minimum atomic E-state index is -1.44. The number of ether oxygens (including phenoxy) is 3. The predicted octanol–water partition coefficient (Wildman–Crippen LogP) is 24.2. The molecular formula is C83H63Cl8FN2O15S6. The van der Waals surface area contributed by atoms with Crippen molar-refractivity contribution in [2.75, 3.05) is 32.8 Å². The molecule has 2 atom stereocenters. The van der Waals surface area contributed by atoms with Gasteiger partial charge in [0.25, 0.3) is 23.3 Å². The van der Waals surface area contributed by atoms with Gasteiger partial charge in [-0.2, -0.15) is 0 Å². The second kappa shape index (κ2) is 42.1. The van der Waals surface area contributed by atoms with E-state index >= 15 is 0 Å². The number of esters is 2. The van der Waals surface area contributed by atoms with Crippen LogP contribution < -0.4 is 10.1 Å².